The molecule has 0 unspecified atom stereocenters. The third-order valence-corrected chi connectivity index (χ3v) is 4.55. The first-order valence-corrected chi connectivity index (χ1v) is 7.38. The van der Waals surface area contributed by atoms with Crippen LogP contribution in [0, 0.1) is 0 Å². The minimum atomic E-state index is -0.936. The van der Waals surface area contributed by atoms with Crippen LogP contribution in [0.1, 0.15) is 34.5 Å². The van der Waals surface area contributed by atoms with Gasteiger partial charge in [0.2, 0.25) is 0 Å². The minimum absolute atomic E-state index is 0.0406. The van der Waals surface area contributed by atoms with Crippen molar-refractivity contribution in [3.05, 3.63) is 77.6 Å². The molecule has 2 aromatic carbocycles. The van der Waals surface area contributed by atoms with Gasteiger partial charge in [-0.25, -0.2) is 4.79 Å². The Balaban J connectivity index is 1.77. The Kier molecular flexibility index (Phi) is 2.76. The molecule has 108 valence electrons. The highest BCUT2D eigenvalue weighted by Gasteiger charge is 2.47. The van der Waals surface area contributed by atoms with Crippen molar-refractivity contribution in [2.24, 2.45) is 0 Å². The molecular formula is C19H15NO2. The highest BCUT2D eigenvalue weighted by molar-refractivity contribution is 5.87. The predicted molar refractivity (Wildman–Crippen MR) is 85.2 cm³/mol. The lowest BCUT2D eigenvalue weighted by atomic mass is 9.90. The third-order valence-electron chi connectivity index (χ3n) is 4.55. The fourth-order valence-corrected chi connectivity index (χ4v) is 3.11. The second kappa shape index (κ2) is 4.67. The van der Waals surface area contributed by atoms with Gasteiger partial charge in [-0.3, -0.25) is 4.98 Å². The molecule has 1 aromatic heterocycles. The summed E-state index contributed by atoms with van der Waals surface area (Å²) in [7, 11) is 0. The van der Waals surface area contributed by atoms with E-state index < -0.39 is 5.97 Å². The number of carboxylic acid groups (broad SMARTS) is 1. The molecule has 0 atom stereocenters. The summed E-state index contributed by atoms with van der Waals surface area (Å²) >= 11 is 0. The molecule has 1 aliphatic carbocycles. The van der Waals surface area contributed by atoms with Crippen molar-refractivity contribution in [2.75, 3.05) is 0 Å². The Morgan fingerprint density at radius 2 is 1.77 bits per heavy atom. The first-order chi connectivity index (χ1) is 10.7. The predicted octanol–water partition coefficient (Wildman–Crippen LogP) is 4.01. The molecule has 1 saturated carbocycles. The molecule has 0 amide bonds. The van der Waals surface area contributed by atoms with Crippen molar-refractivity contribution in [3.8, 4) is 0 Å². The summed E-state index contributed by atoms with van der Waals surface area (Å²) in [6.07, 6.45) is 3.58. The van der Waals surface area contributed by atoms with E-state index in [0.29, 0.717) is 0 Å². The van der Waals surface area contributed by atoms with Crippen LogP contribution in [0.2, 0.25) is 0 Å². The van der Waals surface area contributed by atoms with E-state index in [1.807, 2.05) is 18.2 Å². The molecule has 0 radical (unpaired) electrons. The van der Waals surface area contributed by atoms with Crippen molar-refractivity contribution in [2.45, 2.75) is 18.3 Å². The van der Waals surface area contributed by atoms with Gasteiger partial charge in [0.1, 0.15) is 0 Å². The van der Waals surface area contributed by atoms with E-state index in [1.165, 1.54) is 22.5 Å². The Morgan fingerprint density at radius 1 is 1.00 bits per heavy atom. The molecular weight excluding hydrogens is 274 g/mol. The van der Waals surface area contributed by atoms with Gasteiger partial charge < -0.3 is 5.11 Å². The second-order valence-electron chi connectivity index (χ2n) is 5.88. The van der Waals surface area contributed by atoms with Gasteiger partial charge in [-0.15, -0.1) is 0 Å². The Morgan fingerprint density at radius 3 is 2.41 bits per heavy atom. The molecule has 22 heavy (non-hydrogen) atoms. The van der Waals surface area contributed by atoms with Gasteiger partial charge in [0, 0.05) is 11.6 Å². The number of aromatic carboxylic acids is 1. The summed E-state index contributed by atoms with van der Waals surface area (Å²) in [6.45, 7) is 0. The van der Waals surface area contributed by atoms with E-state index in [0.717, 1.165) is 18.5 Å². The van der Waals surface area contributed by atoms with Crippen molar-refractivity contribution in [3.63, 3.8) is 0 Å². The molecule has 0 aliphatic heterocycles. The van der Waals surface area contributed by atoms with Gasteiger partial charge in [0.25, 0.3) is 0 Å². The molecule has 1 N–H and O–H groups in total. The van der Waals surface area contributed by atoms with Crippen LogP contribution in [-0.2, 0) is 5.41 Å². The van der Waals surface area contributed by atoms with Crippen molar-refractivity contribution in [1.29, 1.82) is 0 Å². The normalized spacial score (nSPS) is 15.6. The van der Waals surface area contributed by atoms with Crippen LogP contribution in [0.4, 0.5) is 0 Å². The fourth-order valence-electron chi connectivity index (χ4n) is 3.11. The molecule has 0 spiro atoms. The third kappa shape index (κ3) is 1.98. The fraction of sp³-hybridized carbons (Fsp3) is 0.158. The zero-order valence-electron chi connectivity index (χ0n) is 12.0. The SMILES string of the molecule is O=C(O)c1ccc(C2(c3ccc4ccccc4c3)CC2)nc1. The molecule has 1 heterocycles. The molecule has 1 aliphatic rings. The van der Waals surface area contributed by atoms with Gasteiger partial charge in [0.05, 0.1) is 11.3 Å². The Bertz CT molecular complexity index is 864. The van der Waals surface area contributed by atoms with Gasteiger partial charge >= 0.3 is 5.97 Å². The van der Waals surface area contributed by atoms with E-state index in [9.17, 15) is 4.79 Å². The minimum Gasteiger partial charge on any atom is -0.478 e. The van der Waals surface area contributed by atoms with Crippen LogP contribution in [0.15, 0.2) is 60.8 Å². The van der Waals surface area contributed by atoms with Crippen molar-refractivity contribution < 1.29 is 9.90 Å². The molecule has 3 nitrogen and oxygen atoms in total. The average Bonchev–Trinajstić information content (AvgIpc) is 3.36. The number of benzene rings is 2. The van der Waals surface area contributed by atoms with Crippen molar-refractivity contribution >= 4 is 16.7 Å². The van der Waals surface area contributed by atoms with Gasteiger partial charge in [-0.1, -0.05) is 42.5 Å². The highest BCUT2D eigenvalue weighted by Crippen LogP contribution is 2.53. The van der Waals surface area contributed by atoms with Crippen LogP contribution in [0.25, 0.3) is 10.8 Å². The quantitative estimate of drug-likeness (QED) is 0.792. The lowest BCUT2D eigenvalue weighted by molar-refractivity contribution is 0.0696. The second-order valence-corrected chi connectivity index (χ2v) is 5.88. The first kappa shape index (κ1) is 13.0. The standard InChI is InChI=1S/C19H15NO2/c21-18(22)15-6-8-17(20-12-15)19(9-10-19)16-7-5-13-3-1-2-4-14(13)11-16/h1-8,11-12H,9-10H2,(H,21,22). The zero-order valence-corrected chi connectivity index (χ0v) is 12.0. The number of rotatable bonds is 3. The van der Waals surface area contributed by atoms with Gasteiger partial charge in [-0.2, -0.15) is 0 Å². The van der Waals surface area contributed by atoms with E-state index in [1.54, 1.807) is 6.07 Å². The Labute approximate surface area is 128 Å². The monoisotopic (exact) mass is 289 g/mol. The molecule has 0 saturated heterocycles. The highest BCUT2D eigenvalue weighted by atomic mass is 16.4. The molecule has 4 rings (SSSR count). The lowest BCUT2D eigenvalue weighted by Gasteiger charge is -2.16. The molecule has 3 aromatic rings. The smallest absolute Gasteiger partial charge is 0.337 e. The molecule has 0 bridgehead atoms. The Hall–Kier alpha value is -2.68. The largest absolute Gasteiger partial charge is 0.478 e. The van der Waals surface area contributed by atoms with Gasteiger partial charge in [0.15, 0.2) is 0 Å². The first-order valence-electron chi connectivity index (χ1n) is 7.38. The number of carbonyl (C=O) groups is 1. The van der Waals surface area contributed by atoms with Crippen LogP contribution in [0.5, 0.6) is 0 Å². The van der Waals surface area contributed by atoms with Crippen LogP contribution in [0.3, 0.4) is 0 Å². The topological polar surface area (TPSA) is 50.2 Å². The number of nitrogens with zero attached hydrogens (tertiary/aromatic N) is 1. The number of hydrogen-bond acceptors (Lipinski definition) is 2. The molecule has 3 heteroatoms. The summed E-state index contributed by atoms with van der Waals surface area (Å²) in [5.74, 6) is -0.936. The summed E-state index contributed by atoms with van der Waals surface area (Å²) in [5.41, 5.74) is 2.42. The number of aromatic nitrogens is 1. The number of pyridine rings is 1. The number of carboxylic acids is 1. The summed E-state index contributed by atoms with van der Waals surface area (Å²) < 4.78 is 0. The zero-order chi connectivity index (χ0) is 15.2. The lowest BCUT2D eigenvalue weighted by Crippen LogP contribution is -2.11. The van der Waals surface area contributed by atoms with Crippen molar-refractivity contribution in [1.82, 2.24) is 4.98 Å². The number of fused-ring (bicyclic) bond motifs is 1. The van der Waals surface area contributed by atoms with Crippen LogP contribution < -0.4 is 0 Å². The maximum atomic E-state index is 11.0. The van der Waals surface area contributed by atoms with Crippen LogP contribution in [-0.4, -0.2) is 16.1 Å². The summed E-state index contributed by atoms with van der Waals surface area (Å²) in [5, 5.41) is 11.5. The van der Waals surface area contributed by atoms with E-state index in [-0.39, 0.29) is 11.0 Å². The maximum absolute atomic E-state index is 11.0. The van der Waals surface area contributed by atoms with Gasteiger partial charge in [-0.05, 0) is 41.3 Å². The molecule has 1 fully saturated rings. The van der Waals surface area contributed by atoms with E-state index >= 15 is 0 Å². The summed E-state index contributed by atoms with van der Waals surface area (Å²) in [6, 6.07) is 18.4. The van der Waals surface area contributed by atoms with E-state index in [4.69, 9.17) is 5.11 Å². The van der Waals surface area contributed by atoms with E-state index in [2.05, 4.69) is 35.3 Å². The number of hydrogen-bond donors (Lipinski definition) is 1. The summed E-state index contributed by atoms with van der Waals surface area (Å²) in [4.78, 5) is 15.4. The van der Waals surface area contributed by atoms with Crippen LogP contribution >= 0.6 is 0 Å². The average molecular weight is 289 g/mol. The maximum Gasteiger partial charge on any atom is 0.337 e.